The normalized spacial score (nSPS) is 10.4. The molecule has 0 aliphatic carbocycles. The molecule has 0 saturated heterocycles. The van der Waals surface area contributed by atoms with Crippen LogP contribution in [0.5, 0.6) is 5.75 Å². The van der Waals surface area contributed by atoms with Gasteiger partial charge in [0.2, 0.25) is 5.91 Å². The van der Waals surface area contributed by atoms with Gasteiger partial charge < -0.3 is 10.1 Å². The summed E-state index contributed by atoms with van der Waals surface area (Å²) < 4.78 is 5.61. The number of rotatable bonds is 9. The molecule has 0 saturated carbocycles. The Morgan fingerprint density at radius 1 is 1.17 bits per heavy atom. The molecule has 0 bridgehead atoms. The molecule has 1 N–H and O–H groups in total. The van der Waals surface area contributed by atoms with Crippen LogP contribution < -0.4 is 10.1 Å². The number of para-hydroxylation sites is 1. The Labute approximate surface area is 152 Å². The van der Waals surface area contributed by atoms with E-state index in [4.69, 9.17) is 16.3 Å². The summed E-state index contributed by atoms with van der Waals surface area (Å²) >= 11 is 7.35. The van der Waals surface area contributed by atoms with Gasteiger partial charge in [0.25, 0.3) is 0 Å². The third-order valence-electron chi connectivity index (χ3n) is 3.40. The molecular formula is C19H22ClNO2S. The van der Waals surface area contributed by atoms with E-state index in [9.17, 15) is 4.79 Å². The van der Waals surface area contributed by atoms with Crippen molar-refractivity contribution in [3.63, 3.8) is 0 Å². The van der Waals surface area contributed by atoms with Crippen LogP contribution in [-0.4, -0.2) is 24.8 Å². The molecular weight excluding hydrogens is 342 g/mol. The highest BCUT2D eigenvalue weighted by Crippen LogP contribution is 2.20. The van der Waals surface area contributed by atoms with Gasteiger partial charge >= 0.3 is 0 Å². The van der Waals surface area contributed by atoms with Crippen LogP contribution in [0.4, 0.5) is 0 Å². The van der Waals surface area contributed by atoms with Gasteiger partial charge in [-0.1, -0.05) is 29.8 Å². The van der Waals surface area contributed by atoms with Crippen molar-refractivity contribution in [2.24, 2.45) is 0 Å². The van der Waals surface area contributed by atoms with E-state index in [0.29, 0.717) is 23.9 Å². The van der Waals surface area contributed by atoms with E-state index in [-0.39, 0.29) is 5.91 Å². The van der Waals surface area contributed by atoms with Crippen molar-refractivity contribution in [1.29, 1.82) is 0 Å². The number of hydrogen-bond acceptors (Lipinski definition) is 3. The highest BCUT2D eigenvalue weighted by Gasteiger charge is 2.05. The van der Waals surface area contributed by atoms with Crippen LogP contribution in [0.3, 0.4) is 0 Å². The topological polar surface area (TPSA) is 38.3 Å². The molecule has 2 rings (SSSR count). The van der Waals surface area contributed by atoms with Crippen molar-refractivity contribution < 1.29 is 9.53 Å². The van der Waals surface area contributed by atoms with Gasteiger partial charge in [-0.3, -0.25) is 4.79 Å². The van der Waals surface area contributed by atoms with Crippen molar-refractivity contribution in [3.05, 3.63) is 59.1 Å². The summed E-state index contributed by atoms with van der Waals surface area (Å²) in [6.45, 7) is 3.31. The van der Waals surface area contributed by atoms with E-state index in [0.717, 1.165) is 23.5 Å². The summed E-state index contributed by atoms with van der Waals surface area (Å²) in [6.07, 6.45) is 1.78. The van der Waals surface area contributed by atoms with E-state index in [1.165, 1.54) is 17.3 Å². The minimum atomic E-state index is 0.0491. The maximum Gasteiger partial charge on any atom is 0.230 e. The average molecular weight is 364 g/mol. The first-order chi connectivity index (χ1) is 11.7. The number of nitrogens with one attached hydrogen (secondary N) is 1. The zero-order chi connectivity index (χ0) is 17.2. The van der Waals surface area contributed by atoms with Gasteiger partial charge in [-0.15, -0.1) is 11.8 Å². The molecule has 24 heavy (non-hydrogen) atoms. The first kappa shape index (κ1) is 18.7. The molecule has 0 heterocycles. The van der Waals surface area contributed by atoms with Crippen molar-refractivity contribution in [3.8, 4) is 5.75 Å². The molecule has 0 atom stereocenters. The van der Waals surface area contributed by atoms with Crippen LogP contribution in [-0.2, 0) is 11.2 Å². The lowest BCUT2D eigenvalue weighted by atomic mass is 10.1. The van der Waals surface area contributed by atoms with Crippen molar-refractivity contribution in [1.82, 2.24) is 5.32 Å². The Morgan fingerprint density at radius 2 is 1.92 bits per heavy atom. The molecule has 0 spiro atoms. The number of carbonyl (C=O) groups excluding carboxylic acids is 1. The minimum Gasteiger partial charge on any atom is -0.494 e. The third-order valence-corrected chi connectivity index (χ3v) is 4.67. The quantitative estimate of drug-likeness (QED) is 0.523. The molecule has 0 radical (unpaired) electrons. The SMILES string of the molecule is CCOc1ccccc1CCCNC(=O)CSc1ccc(Cl)cc1. The van der Waals surface area contributed by atoms with Crippen molar-refractivity contribution >= 4 is 29.3 Å². The van der Waals surface area contributed by atoms with Gasteiger partial charge in [0, 0.05) is 16.5 Å². The molecule has 0 aliphatic rings. The molecule has 2 aromatic carbocycles. The zero-order valence-corrected chi connectivity index (χ0v) is 15.3. The second kappa shape index (κ2) is 10.3. The van der Waals surface area contributed by atoms with Gasteiger partial charge in [0.05, 0.1) is 12.4 Å². The highest BCUT2D eigenvalue weighted by atomic mass is 35.5. The van der Waals surface area contributed by atoms with E-state index < -0.39 is 0 Å². The van der Waals surface area contributed by atoms with Crippen LogP contribution in [0.25, 0.3) is 0 Å². The lowest BCUT2D eigenvalue weighted by Gasteiger charge is -2.10. The average Bonchev–Trinajstić information content (AvgIpc) is 2.60. The van der Waals surface area contributed by atoms with Crippen LogP contribution >= 0.6 is 23.4 Å². The molecule has 2 aromatic rings. The van der Waals surface area contributed by atoms with Crippen molar-refractivity contribution in [2.45, 2.75) is 24.7 Å². The summed E-state index contributed by atoms with van der Waals surface area (Å²) in [5.41, 5.74) is 1.18. The Hall–Kier alpha value is -1.65. The maximum atomic E-state index is 11.9. The number of thioether (sulfide) groups is 1. The van der Waals surface area contributed by atoms with E-state index >= 15 is 0 Å². The summed E-state index contributed by atoms with van der Waals surface area (Å²) in [6, 6.07) is 15.6. The summed E-state index contributed by atoms with van der Waals surface area (Å²) in [7, 11) is 0. The summed E-state index contributed by atoms with van der Waals surface area (Å²) in [5, 5.41) is 3.66. The summed E-state index contributed by atoms with van der Waals surface area (Å²) in [4.78, 5) is 12.9. The molecule has 0 aliphatic heterocycles. The lowest BCUT2D eigenvalue weighted by Crippen LogP contribution is -2.26. The van der Waals surface area contributed by atoms with Gasteiger partial charge in [0.15, 0.2) is 0 Å². The fraction of sp³-hybridized carbons (Fsp3) is 0.316. The van der Waals surface area contributed by atoms with E-state index in [1.54, 1.807) is 0 Å². The molecule has 5 heteroatoms. The van der Waals surface area contributed by atoms with Crippen molar-refractivity contribution in [2.75, 3.05) is 18.9 Å². The number of halogens is 1. The van der Waals surface area contributed by atoms with Gasteiger partial charge in [-0.25, -0.2) is 0 Å². The Kier molecular flexibility index (Phi) is 7.99. The van der Waals surface area contributed by atoms with Crippen LogP contribution in [0.1, 0.15) is 18.9 Å². The fourth-order valence-electron chi connectivity index (χ4n) is 2.24. The molecule has 0 unspecified atom stereocenters. The lowest BCUT2D eigenvalue weighted by molar-refractivity contribution is -0.118. The summed E-state index contributed by atoms with van der Waals surface area (Å²) in [5.74, 6) is 1.40. The third kappa shape index (κ3) is 6.46. The second-order valence-corrected chi connectivity index (χ2v) is 6.72. The molecule has 0 fully saturated rings. The minimum absolute atomic E-state index is 0.0491. The fourth-order valence-corrected chi connectivity index (χ4v) is 3.10. The predicted octanol–water partition coefficient (Wildman–Crippen LogP) is 4.58. The number of amides is 1. The smallest absolute Gasteiger partial charge is 0.230 e. The number of ether oxygens (including phenoxy) is 1. The Morgan fingerprint density at radius 3 is 2.67 bits per heavy atom. The largest absolute Gasteiger partial charge is 0.494 e. The van der Waals surface area contributed by atoms with Crippen LogP contribution in [0.2, 0.25) is 5.02 Å². The molecule has 0 aromatic heterocycles. The first-order valence-electron chi connectivity index (χ1n) is 8.05. The molecule has 3 nitrogen and oxygen atoms in total. The van der Waals surface area contributed by atoms with E-state index in [2.05, 4.69) is 11.4 Å². The maximum absolute atomic E-state index is 11.9. The Bertz CT molecular complexity index is 646. The standard InChI is InChI=1S/C19H22ClNO2S/c1-2-23-18-8-4-3-6-15(18)7-5-13-21-19(22)14-24-17-11-9-16(20)10-12-17/h3-4,6,8-12H,2,5,7,13-14H2,1H3,(H,21,22). The monoisotopic (exact) mass is 363 g/mol. The van der Waals surface area contributed by atoms with Gasteiger partial charge in [-0.05, 0) is 55.7 Å². The zero-order valence-electron chi connectivity index (χ0n) is 13.8. The van der Waals surface area contributed by atoms with Crippen LogP contribution in [0.15, 0.2) is 53.4 Å². The number of aryl methyl sites for hydroxylation is 1. The van der Waals surface area contributed by atoms with Crippen LogP contribution in [0, 0.1) is 0 Å². The van der Waals surface area contributed by atoms with Gasteiger partial charge in [-0.2, -0.15) is 0 Å². The number of benzene rings is 2. The van der Waals surface area contributed by atoms with Gasteiger partial charge in [0.1, 0.15) is 5.75 Å². The molecule has 1 amide bonds. The van der Waals surface area contributed by atoms with E-state index in [1.807, 2.05) is 49.4 Å². The molecule has 128 valence electrons. The predicted molar refractivity (Wildman–Crippen MR) is 101 cm³/mol. The number of carbonyl (C=O) groups is 1. The second-order valence-electron chi connectivity index (χ2n) is 5.24. The number of hydrogen-bond donors (Lipinski definition) is 1. The first-order valence-corrected chi connectivity index (χ1v) is 9.41. The Balaban J connectivity index is 1.67. The highest BCUT2D eigenvalue weighted by molar-refractivity contribution is 8.00.